The van der Waals surface area contributed by atoms with E-state index < -0.39 is 0 Å². The van der Waals surface area contributed by atoms with Gasteiger partial charge in [0.15, 0.2) is 0 Å². The fourth-order valence-electron chi connectivity index (χ4n) is 3.92. The van der Waals surface area contributed by atoms with Crippen molar-refractivity contribution < 1.29 is 5.11 Å². The molecule has 0 aromatic rings. The summed E-state index contributed by atoms with van der Waals surface area (Å²) in [6, 6.07) is 0.711. The maximum Gasteiger partial charge on any atom is 0.0558 e. The minimum absolute atomic E-state index is 0.299. The first-order chi connectivity index (χ1) is 9.71. The zero-order valence-electron chi connectivity index (χ0n) is 13.5. The summed E-state index contributed by atoms with van der Waals surface area (Å²) in [4.78, 5) is 2.60. The third-order valence-corrected chi connectivity index (χ3v) is 6.05. The van der Waals surface area contributed by atoms with Crippen LogP contribution in [0, 0.1) is 5.41 Å². The molecule has 0 heterocycles. The highest BCUT2D eigenvalue weighted by molar-refractivity contribution is 9.09. The van der Waals surface area contributed by atoms with E-state index in [4.69, 9.17) is 0 Å². The van der Waals surface area contributed by atoms with Crippen LogP contribution in [-0.4, -0.2) is 41.1 Å². The van der Waals surface area contributed by atoms with Crippen LogP contribution in [0.5, 0.6) is 0 Å². The van der Waals surface area contributed by atoms with Crippen LogP contribution in [0.25, 0.3) is 0 Å². The van der Waals surface area contributed by atoms with Crippen LogP contribution < -0.4 is 0 Å². The normalized spacial score (nSPS) is 17.9. The molecule has 1 fully saturated rings. The molecule has 1 saturated carbocycles. The quantitative estimate of drug-likeness (QED) is 0.584. The van der Waals surface area contributed by atoms with E-state index in [9.17, 15) is 5.11 Å². The Morgan fingerprint density at radius 3 is 2.15 bits per heavy atom. The number of nitrogens with zero attached hydrogens (tertiary/aromatic N) is 1. The summed E-state index contributed by atoms with van der Waals surface area (Å²) in [5, 5.41) is 10.5. The second-order valence-electron chi connectivity index (χ2n) is 6.62. The summed E-state index contributed by atoms with van der Waals surface area (Å²) in [6.07, 6.45) is 11.9. The van der Waals surface area contributed by atoms with E-state index in [1.165, 1.54) is 57.8 Å². The lowest BCUT2D eigenvalue weighted by molar-refractivity contribution is 0.0703. The first-order valence-electron chi connectivity index (χ1n) is 8.62. The van der Waals surface area contributed by atoms with Gasteiger partial charge < -0.3 is 5.11 Å². The molecule has 0 spiro atoms. The van der Waals surface area contributed by atoms with Gasteiger partial charge in [0.25, 0.3) is 0 Å². The molecule has 120 valence electrons. The van der Waals surface area contributed by atoms with E-state index >= 15 is 0 Å². The molecule has 0 bridgehead atoms. The lowest BCUT2D eigenvalue weighted by Gasteiger charge is -2.42. The van der Waals surface area contributed by atoms with E-state index in [1.807, 2.05) is 0 Å². The molecule has 0 aliphatic heterocycles. The molecule has 1 aliphatic rings. The lowest BCUT2D eigenvalue weighted by Crippen LogP contribution is -2.46. The minimum Gasteiger partial charge on any atom is -0.395 e. The summed E-state index contributed by atoms with van der Waals surface area (Å²) in [7, 11) is 0. The smallest absolute Gasteiger partial charge is 0.0558 e. The van der Waals surface area contributed by atoms with Crippen LogP contribution >= 0.6 is 15.9 Å². The van der Waals surface area contributed by atoms with Crippen molar-refractivity contribution in [3.63, 3.8) is 0 Å². The summed E-state index contributed by atoms with van der Waals surface area (Å²) < 4.78 is 0. The molecule has 0 saturated heterocycles. The summed E-state index contributed by atoms with van der Waals surface area (Å²) in [5.74, 6) is 0. The van der Waals surface area contributed by atoms with Gasteiger partial charge >= 0.3 is 0 Å². The summed E-state index contributed by atoms with van der Waals surface area (Å²) in [5.41, 5.74) is 0.399. The van der Waals surface area contributed by atoms with Crippen LogP contribution in [0.4, 0.5) is 0 Å². The number of aliphatic hydroxyl groups is 1. The Balaban J connectivity index is 2.72. The highest BCUT2D eigenvalue weighted by Gasteiger charge is 2.32. The van der Waals surface area contributed by atoms with Gasteiger partial charge in [0.2, 0.25) is 0 Å². The number of hydrogen-bond donors (Lipinski definition) is 1. The molecular formula is C17H34BrNO. The van der Waals surface area contributed by atoms with Gasteiger partial charge in [-0.3, -0.25) is 4.90 Å². The fourth-order valence-corrected chi connectivity index (χ4v) is 4.65. The van der Waals surface area contributed by atoms with Gasteiger partial charge in [-0.2, -0.15) is 0 Å². The number of hydrogen-bond acceptors (Lipinski definition) is 2. The van der Waals surface area contributed by atoms with Crippen molar-refractivity contribution in [2.24, 2.45) is 5.41 Å². The SMILES string of the molecule is CCCC(CBr)(CCC)CN(CCO)C1CCCCC1. The van der Waals surface area contributed by atoms with Crippen LogP contribution in [0.3, 0.4) is 0 Å². The molecule has 0 aromatic heterocycles. The van der Waals surface area contributed by atoms with Gasteiger partial charge in [0.05, 0.1) is 6.61 Å². The number of alkyl halides is 1. The van der Waals surface area contributed by atoms with Crippen molar-refractivity contribution >= 4 is 15.9 Å². The third-order valence-electron chi connectivity index (χ3n) is 4.86. The van der Waals surface area contributed by atoms with Crippen molar-refractivity contribution in [2.45, 2.75) is 77.7 Å². The number of halogens is 1. The largest absolute Gasteiger partial charge is 0.395 e. The third kappa shape index (κ3) is 5.65. The molecule has 2 nitrogen and oxygen atoms in total. The highest BCUT2D eigenvalue weighted by Crippen LogP contribution is 2.35. The topological polar surface area (TPSA) is 23.5 Å². The monoisotopic (exact) mass is 347 g/mol. The average molecular weight is 348 g/mol. The van der Waals surface area contributed by atoms with Gasteiger partial charge in [-0.15, -0.1) is 0 Å². The van der Waals surface area contributed by atoms with E-state index in [2.05, 4.69) is 34.7 Å². The van der Waals surface area contributed by atoms with Crippen LogP contribution in [0.15, 0.2) is 0 Å². The molecule has 0 amide bonds. The Morgan fingerprint density at radius 2 is 1.70 bits per heavy atom. The second kappa shape index (κ2) is 10.2. The second-order valence-corrected chi connectivity index (χ2v) is 7.18. The number of rotatable bonds is 10. The fraction of sp³-hybridized carbons (Fsp3) is 1.00. The Hall–Kier alpha value is 0.400. The van der Waals surface area contributed by atoms with Crippen LogP contribution in [-0.2, 0) is 0 Å². The molecule has 3 heteroatoms. The summed E-state index contributed by atoms with van der Waals surface area (Å²) >= 11 is 3.79. The molecular weight excluding hydrogens is 314 g/mol. The number of aliphatic hydroxyl groups excluding tert-OH is 1. The Kier molecular flexibility index (Phi) is 9.39. The predicted molar refractivity (Wildman–Crippen MR) is 91.6 cm³/mol. The lowest BCUT2D eigenvalue weighted by atomic mass is 9.79. The first-order valence-corrected chi connectivity index (χ1v) is 9.74. The standard InChI is InChI=1S/C17H34BrNO/c1-3-10-17(14-18,11-4-2)15-19(12-13-20)16-8-6-5-7-9-16/h16,20H,3-15H2,1-2H3. The maximum atomic E-state index is 9.44. The van der Waals surface area contributed by atoms with Gasteiger partial charge in [-0.1, -0.05) is 61.9 Å². The van der Waals surface area contributed by atoms with Gasteiger partial charge in [-0.25, -0.2) is 0 Å². The Labute approximate surface area is 134 Å². The van der Waals surface area contributed by atoms with Gasteiger partial charge in [0, 0.05) is 24.5 Å². The average Bonchev–Trinajstić information content (AvgIpc) is 2.48. The van der Waals surface area contributed by atoms with Gasteiger partial charge in [-0.05, 0) is 31.1 Å². The predicted octanol–water partition coefficient (Wildman–Crippen LogP) is 4.59. The van der Waals surface area contributed by atoms with Crippen molar-refractivity contribution in [3.05, 3.63) is 0 Å². The highest BCUT2D eigenvalue weighted by atomic mass is 79.9. The molecule has 1 rings (SSSR count). The minimum atomic E-state index is 0.299. The van der Waals surface area contributed by atoms with Crippen molar-refractivity contribution in [1.82, 2.24) is 4.90 Å². The molecule has 0 radical (unpaired) electrons. The maximum absolute atomic E-state index is 9.44. The Bertz CT molecular complexity index is 235. The van der Waals surface area contributed by atoms with Crippen molar-refractivity contribution in [2.75, 3.05) is 25.0 Å². The van der Waals surface area contributed by atoms with Crippen molar-refractivity contribution in [1.29, 1.82) is 0 Å². The molecule has 1 N–H and O–H groups in total. The van der Waals surface area contributed by atoms with E-state index in [0.717, 1.165) is 18.4 Å². The zero-order valence-corrected chi connectivity index (χ0v) is 15.1. The zero-order chi connectivity index (χ0) is 14.8. The van der Waals surface area contributed by atoms with Crippen molar-refractivity contribution in [3.8, 4) is 0 Å². The first kappa shape index (κ1) is 18.4. The van der Waals surface area contributed by atoms with Crippen LogP contribution in [0.1, 0.15) is 71.6 Å². The van der Waals surface area contributed by atoms with E-state index in [0.29, 0.717) is 18.1 Å². The molecule has 1 aliphatic carbocycles. The van der Waals surface area contributed by atoms with Crippen LogP contribution in [0.2, 0.25) is 0 Å². The molecule has 0 unspecified atom stereocenters. The van der Waals surface area contributed by atoms with E-state index in [-0.39, 0.29) is 0 Å². The molecule has 20 heavy (non-hydrogen) atoms. The van der Waals surface area contributed by atoms with E-state index in [1.54, 1.807) is 0 Å². The summed E-state index contributed by atoms with van der Waals surface area (Å²) in [6.45, 7) is 6.90. The molecule has 0 atom stereocenters. The Morgan fingerprint density at radius 1 is 1.10 bits per heavy atom. The van der Waals surface area contributed by atoms with Gasteiger partial charge in [0.1, 0.15) is 0 Å². The molecule has 0 aromatic carbocycles.